The summed E-state index contributed by atoms with van der Waals surface area (Å²) in [5.41, 5.74) is -1.86. The summed E-state index contributed by atoms with van der Waals surface area (Å²) in [6.45, 7) is 14.2. The van der Waals surface area contributed by atoms with E-state index in [1.807, 2.05) is 72.7 Å². The number of hydrogen-bond acceptors (Lipinski definition) is 12. The molecule has 13 heteroatoms. The highest BCUT2D eigenvalue weighted by molar-refractivity contribution is 7.74. The van der Waals surface area contributed by atoms with Crippen molar-refractivity contribution in [2.75, 3.05) is 35.5 Å². The van der Waals surface area contributed by atoms with Gasteiger partial charge in [0.1, 0.15) is 11.3 Å². The lowest BCUT2D eigenvalue weighted by Gasteiger charge is -2.55. The first-order chi connectivity index (χ1) is 24.0. The Morgan fingerprint density at radius 1 is 0.882 bits per heavy atom. The molecule has 0 aromatic heterocycles. The molecule has 0 N–H and O–H groups in total. The Hall–Kier alpha value is -3.73. The van der Waals surface area contributed by atoms with Crippen LogP contribution in [0.1, 0.15) is 86.1 Å². The smallest absolute Gasteiger partial charge is 0.351 e. The van der Waals surface area contributed by atoms with Gasteiger partial charge in [-0.05, 0) is 76.4 Å². The van der Waals surface area contributed by atoms with Gasteiger partial charge in [-0.2, -0.15) is 0 Å². The molecule has 0 saturated heterocycles. The van der Waals surface area contributed by atoms with E-state index in [4.69, 9.17) is 28.4 Å². The second-order valence-corrected chi connectivity index (χ2v) is 17.2. The first-order valence-corrected chi connectivity index (χ1v) is 19.1. The largest absolute Gasteiger partial charge is 0.497 e. The Balaban J connectivity index is 2.46. The van der Waals surface area contributed by atoms with Gasteiger partial charge in [0.15, 0.2) is 7.34 Å². The Kier molecular flexibility index (Phi) is 12.2. The molecule has 1 aliphatic heterocycles. The number of esters is 3. The highest BCUT2D eigenvalue weighted by Gasteiger charge is 2.66. The molecular formula is C38H54N3O9P. The number of carbonyl (C=O) groups is 4. The molecular weight excluding hydrogens is 673 g/mol. The number of allylic oxidation sites excluding steroid dienone is 1. The molecule has 280 valence electrons. The number of rotatable bonds is 10. The average Bonchev–Trinajstić information content (AvgIpc) is 3.39. The van der Waals surface area contributed by atoms with E-state index in [1.165, 1.54) is 0 Å². The summed E-state index contributed by atoms with van der Waals surface area (Å²) in [4.78, 5) is 57.7. The van der Waals surface area contributed by atoms with Crippen LogP contribution in [0.2, 0.25) is 0 Å². The van der Waals surface area contributed by atoms with Gasteiger partial charge in [0.25, 0.3) is 5.60 Å². The summed E-state index contributed by atoms with van der Waals surface area (Å²) in [6.07, 6.45) is 6.58. The number of ether oxygens (including phenoxy) is 5. The molecule has 4 rings (SSSR count). The molecule has 0 bridgehead atoms. The van der Waals surface area contributed by atoms with Crippen LogP contribution in [0.4, 0.5) is 0 Å². The van der Waals surface area contributed by atoms with Crippen LogP contribution in [0.5, 0.6) is 5.75 Å². The fraction of sp³-hybridized carbons (Fsp3) is 0.579. The van der Waals surface area contributed by atoms with E-state index in [0.717, 1.165) is 71.8 Å². The fourth-order valence-corrected chi connectivity index (χ4v) is 12.6. The van der Waals surface area contributed by atoms with E-state index in [2.05, 4.69) is 15.4 Å². The van der Waals surface area contributed by atoms with Crippen LogP contribution in [-0.4, -0.2) is 103 Å². The molecule has 51 heavy (non-hydrogen) atoms. The van der Waals surface area contributed by atoms with Crippen molar-refractivity contribution in [3.05, 3.63) is 47.1 Å². The minimum Gasteiger partial charge on any atom is -0.497 e. The first kappa shape index (κ1) is 40.0. The summed E-state index contributed by atoms with van der Waals surface area (Å²) >= 11 is 0. The second kappa shape index (κ2) is 15.5. The summed E-state index contributed by atoms with van der Waals surface area (Å²) < 4.78 is 37.2. The third-order valence-corrected chi connectivity index (χ3v) is 14.0. The van der Waals surface area contributed by atoms with Crippen LogP contribution < -0.4 is 4.74 Å². The third-order valence-electron chi connectivity index (χ3n) is 9.75. The molecule has 2 aliphatic carbocycles. The zero-order valence-electron chi connectivity index (χ0n) is 32.1. The monoisotopic (exact) mass is 727 g/mol. The lowest BCUT2D eigenvalue weighted by Crippen LogP contribution is -2.53. The van der Waals surface area contributed by atoms with Crippen molar-refractivity contribution in [1.29, 1.82) is 0 Å². The van der Waals surface area contributed by atoms with Crippen LogP contribution >= 0.6 is 7.34 Å². The average molecular weight is 728 g/mol. The van der Waals surface area contributed by atoms with E-state index in [1.54, 1.807) is 7.11 Å². The van der Waals surface area contributed by atoms with Gasteiger partial charge in [-0.3, -0.25) is 4.79 Å². The molecule has 1 aromatic rings. The lowest BCUT2D eigenvalue weighted by molar-refractivity contribution is -0.167. The van der Waals surface area contributed by atoms with Gasteiger partial charge in [-0.1, -0.05) is 40.0 Å². The summed E-state index contributed by atoms with van der Waals surface area (Å²) in [5.74, 6) is -3.50. The van der Waals surface area contributed by atoms with Gasteiger partial charge in [-0.15, -0.1) is 0 Å². The van der Waals surface area contributed by atoms with E-state index in [0.29, 0.717) is 11.5 Å². The molecule has 1 fully saturated rings. The Labute approximate surface area is 302 Å². The predicted octanol–water partition coefficient (Wildman–Crippen LogP) is 6.01. The van der Waals surface area contributed by atoms with Crippen LogP contribution in [-0.2, 0) is 38.1 Å². The third kappa shape index (κ3) is 6.71. The number of ketones is 1. The van der Waals surface area contributed by atoms with E-state index < -0.39 is 53.2 Å². The van der Waals surface area contributed by atoms with Crippen LogP contribution in [0, 0.1) is 5.41 Å². The molecule has 1 heterocycles. The predicted molar refractivity (Wildman–Crippen MR) is 198 cm³/mol. The van der Waals surface area contributed by atoms with E-state index in [9.17, 15) is 14.4 Å². The van der Waals surface area contributed by atoms with Crippen LogP contribution in [0.25, 0.3) is 5.70 Å². The summed E-state index contributed by atoms with van der Waals surface area (Å²) in [6, 6.07) is 7.08. The van der Waals surface area contributed by atoms with Crippen molar-refractivity contribution in [2.24, 2.45) is 10.2 Å². The molecule has 0 radical (unpaired) electrons. The first-order valence-electron chi connectivity index (χ1n) is 17.4. The molecule has 1 aromatic carbocycles. The molecule has 1 saturated carbocycles. The molecule has 2 unspecified atom stereocenters. The molecule has 0 amide bonds. The van der Waals surface area contributed by atoms with Crippen molar-refractivity contribution < 1.29 is 42.9 Å². The SMILES string of the molecule is COC(=O)C1=C(C(=O)OC)C(OC)(C(=O)OC)C(=O)C1=P1(N(C(C)C)C(C)C)N=C(C(C)(C)C)C=C(c2ccc(OC)cc2)N1C1CCCCC1. The van der Waals surface area contributed by atoms with Crippen molar-refractivity contribution in [3.63, 3.8) is 0 Å². The highest BCUT2D eigenvalue weighted by Crippen LogP contribution is 2.69. The number of benzene rings is 1. The van der Waals surface area contributed by atoms with Gasteiger partial charge in [-0.25, -0.2) is 23.8 Å². The number of methoxy groups -OCH3 is 5. The van der Waals surface area contributed by atoms with Gasteiger partial charge >= 0.3 is 17.9 Å². The molecule has 2 atom stereocenters. The maximum Gasteiger partial charge on any atom is 0.351 e. The minimum absolute atomic E-state index is 0.115. The highest BCUT2D eigenvalue weighted by atomic mass is 31.2. The number of hydrogen-bond donors (Lipinski definition) is 0. The number of carbonyl (C=O) groups excluding carboxylic acids is 4. The quantitative estimate of drug-likeness (QED) is 0.122. The summed E-state index contributed by atoms with van der Waals surface area (Å²) in [5, 5.41) is -0.115. The van der Waals surface area contributed by atoms with E-state index >= 15 is 4.79 Å². The van der Waals surface area contributed by atoms with Crippen molar-refractivity contribution >= 4 is 47.7 Å². The Morgan fingerprint density at radius 3 is 1.90 bits per heavy atom. The topological polar surface area (TPSA) is 133 Å². The molecule has 12 nitrogen and oxygen atoms in total. The van der Waals surface area contributed by atoms with Gasteiger partial charge in [0.05, 0.1) is 45.0 Å². The zero-order valence-corrected chi connectivity index (χ0v) is 33.0. The van der Waals surface area contributed by atoms with Crippen LogP contribution in [0.3, 0.4) is 0 Å². The number of Topliss-reactive ketones (excluding diaryl/α,β-unsaturated/α-hetero) is 1. The Bertz CT molecular complexity index is 1690. The minimum atomic E-state index is -3.77. The maximum atomic E-state index is 15.6. The molecule has 0 spiro atoms. The normalized spacial score (nSPS) is 23.2. The Morgan fingerprint density at radius 2 is 1.45 bits per heavy atom. The van der Waals surface area contributed by atoms with E-state index in [-0.39, 0.29) is 23.4 Å². The number of nitrogens with zero attached hydrogens (tertiary/aromatic N) is 3. The maximum absolute atomic E-state index is 15.6. The van der Waals surface area contributed by atoms with Gasteiger partial charge in [0.2, 0.25) is 5.78 Å². The standard InChI is InChI=1S/C38H54N3O9P/c1-23(2)40(24(3)4)51(32-30(34(43)47-9)31(35(44)48-10)38(50-12,33(32)42)36(45)49-11)39-29(37(5,6)7)22-28(25-18-20-27(46-8)21-19-25)41(51)26-16-14-13-15-17-26/h18-24,26H,13-17H2,1-12H3. The van der Waals surface area contributed by atoms with Crippen molar-refractivity contribution in [1.82, 2.24) is 9.34 Å². The van der Waals surface area contributed by atoms with Gasteiger partial charge in [0, 0.05) is 36.4 Å². The second-order valence-electron chi connectivity index (χ2n) is 14.6. The van der Waals surface area contributed by atoms with Crippen LogP contribution in [0.15, 0.2) is 46.3 Å². The molecule has 3 aliphatic rings. The summed E-state index contributed by atoms with van der Waals surface area (Å²) in [7, 11) is 2.34. The van der Waals surface area contributed by atoms with Gasteiger partial charge < -0.3 is 28.4 Å². The lowest BCUT2D eigenvalue weighted by atomic mass is 9.88. The zero-order chi connectivity index (χ0) is 38.1. The van der Waals surface area contributed by atoms with Crippen molar-refractivity contribution in [2.45, 2.75) is 104 Å². The fourth-order valence-electron chi connectivity index (χ4n) is 7.58. The van der Waals surface area contributed by atoms with Crippen molar-refractivity contribution in [3.8, 4) is 5.75 Å².